The molecule has 0 aliphatic rings. The molecule has 0 aromatic heterocycles. The first-order valence-corrected chi connectivity index (χ1v) is 8.02. The van der Waals surface area contributed by atoms with Crippen molar-refractivity contribution in [2.45, 2.75) is 20.3 Å². The van der Waals surface area contributed by atoms with Crippen molar-refractivity contribution in [2.24, 2.45) is 5.92 Å². The zero-order chi connectivity index (χ0) is 16.6. The molecule has 1 amide bonds. The summed E-state index contributed by atoms with van der Waals surface area (Å²) in [7, 11) is 0.126. The highest BCUT2D eigenvalue weighted by atomic mass is 32.2. The second-order valence-corrected chi connectivity index (χ2v) is 7.25. The number of hydrogen-bond donors (Lipinski definition) is 1. The van der Waals surface area contributed by atoms with Crippen LogP contribution in [0.15, 0.2) is 0 Å². The van der Waals surface area contributed by atoms with E-state index in [4.69, 9.17) is 0 Å². The molecule has 0 fully saturated rings. The Bertz CT molecular complexity index is 450. The van der Waals surface area contributed by atoms with Gasteiger partial charge in [-0.05, 0) is 5.92 Å². The normalized spacial score (nSPS) is 12.0. The molecule has 0 bridgehead atoms. The lowest BCUT2D eigenvalue weighted by Crippen LogP contribution is -2.45. The van der Waals surface area contributed by atoms with Crippen LogP contribution in [0.5, 0.6) is 0 Å². The molecule has 9 heteroatoms. The first kappa shape index (κ1) is 19.8. The third kappa shape index (κ3) is 7.39. The predicted octanol–water partition coefficient (Wildman–Crippen LogP) is -0.570. The molecule has 0 aromatic carbocycles. The van der Waals surface area contributed by atoms with Crippen molar-refractivity contribution in [3.8, 4) is 0 Å². The average molecular weight is 323 g/mol. The van der Waals surface area contributed by atoms with Crippen LogP contribution in [0, 0.1) is 5.92 Å². The average Bonchev–Trinajstić information content (AvgIpc) is 2.41. The largest absolute Gasteiger partial charge is 0.469 e. The van der Waals surface area contributed by atoms with Crippen LogP contribution in [-0.4, -0.2) is 69.7 Å². The van der Waals surface area contributed by atoms with E-state index in [9.17, 15) is 18.0 Å². The highest BCUT2D eigenvalue weighted by Gasteiger charge is 2.25. The number of likely N-dealkylation sites (N-methyl/N-ethyl adjacent to an activating group) is 1. The van der Waals surface area contributed by atoms with Crippen molar-refractivity contribution >= 4 is 22.1 Å². The number of nitrogens with one attached hydrogen (secondary N) is 1. The summed E-state index contributed by atoms with van der Waals surface area (Å²) in [4.78, 5) is 22.6. The molecule has 0 atom stereocenters. The van der Waals surface area contributed by atoms with Crippen LogP contribution in [0.3, 0.4) is 0 Å². The fourth-order valence-corrected chi connectivity index (χ4v) is 2.44. The van der Waals surface area contributed by atoms with Crippen molar-refractivity contribution in [3.05, 3.63) is 0 Å². The van der Waals surface area contributed by atoms with Gasteiger partial charge in [0.1, 0.15) is 0 Å². The summed E-state index contributed by atoms with van der Waals surface area (Å²) in [6.07, 6.45) is -0.0420. The first-order chi connectivity index (χ1) is 9.61. The highest BCUT2D eigenvalue weighted by Crippen LogP contribution is 2.04. The van der Waals surface area contributed by atoms with Gasteiger partial charge < -0.3 is 10.1 Å². The number of nitrogens with zero attached hydrogens (tertiary/aromatic N) is 2. The van der Waals surface area contributed by atoms with Gasteiger partial charge in [-0.25, -0.2) is 0 Å². The van der Waals surface area contributed by atoms with Gasteiger partial charge in [0.25, 0.3) is 10.2 Å². The van der Waals surface area contributed by atoms with E-state index in [1.807, 2.05) is 13.8 Å². The minimum absolute atomic E-state index is 0.00698. The maximum atomic E-state index is 12.1. The molecule has 0 aromatic rings. The molecule has 0 rings (SSSR count). The third-order valence-corrected chi connectivity index (χ3v) is 4.61. The van der Waals surface area contributed by atoms with E-state index < -0.39 is 16.2 Å². The Balaban J connectivity index is 4.47. The lowest BCUT2D eigenvalue weighted by molar-refractivity contribution is -0.140. The quantitative estimate of drug-likeness (QED) is 0.573. The number of ether oxygens (including phenoxy) is 1. The summed E-state index contributed by atoms with van der Waals surface area (Å²) in [5.74, 6) is -0.566. The summed E-state index contributed by atoms with van der Waals surface area (Å²) in [6.45, 7) is 4.11. The maximum absolute atomic E-state index is 12.1. The van der Waals surface area contributed by atoms with Crippen molar-refractivity contribution in [1.82, 2.24) is 13.9 Å². The minimum atomic E-state index is -3.78. The van der Waals surface area contributed by atoms with Gasteiger partial charge in [-0.2, -0.15) is 17.0 Å². The zero-order valence-corrected chi connectivity index (χ0v) is 14.1. The molecule has 0 aliphatic carbocycles. The number of esters is 1. The van der Waals surface area contributed by atoms with Gasteiger partial charge in [0.05, 0.1) is 20.1 Å². The molecule has 1 N–H and O–H groups in total. The smallest absolute Gasteiger partial charge is 0.306 e. The SMILES string of the molecule is COC(=O)CCN(C)S(=O)(=O)N(C)CC(=O)NCC(C)C. The van der Waals surface area contributed by atoms with E-state index in [0.717, 1.165) is 8.61 Å². The van der Waals surface area contributed by atoms with Crippen LogP contribution >= 0.6 is 0 Å². The van der Waals surface area contributed by atoms with Gasteiger partial charge in [0, 0.05) is 27.2 Å². The Labute approximate surface area is 126 Å². The Morgan fingerprint density at radius 1 is 1.19 bits per heavy atom. The number of amides is 1. The van der Waals surface area contributed by atoms with Crippen LogP contribution in [0.2, 0.25) is 0 Å². The standard InChI is InChI=1S/C12H25N3O5S/c1-10(2)8-13-11(16)9-15(4)21(18,19)14(3)7-6-12(17)20-5/h10H,6-9H2,1-5H3,(H,13,16). The van der Waals surface area contributed by atoms with E-state index in [1.165, 1.54) is 21.2 Å². The van der Waals surface area contributed by atoms with Crippen molar-refractivity contribution in [2.75, 3.05) is 40.8 Å². The van der Waals surface area contributed by atoms with Gasteiger partial charge in [-0.3, -0.25) is 9.59 Å². The molecular formula is C12H25N3O5S. The molecule has 0 heterocycles. The van der Waals surface area contributed by atoms with E-state index in [0.29, 0.717) is 12.5 Å². The molecule has 21 heavy (non-hydrogen) atoms. The Morgan fingerprint density at radius 2 is 1.76 bits per heavy atom. The van der Waals surface area contributed by atoms with Crippen LogP contribution in [0.1, 0.15) is 20.3 Å². The van der Waals surface area contributed by atoms with Gasteiger partial charge in [-0.15, -0.1) is 0 Å². The summed E-state index contributed by atoms with van der Waals surface area (Å²) in [6, 6.07) is 0. The Morgan fingerprint density at radius 3 is 2.24 bits per heavy atom. The fourth-order valence-electron chi connectivity index (χ4n) is 1.36. The molecule has 8 nitrogen and oxygen atoms in total. The second-order valence-electron chi connectivity index (χ2n) is 5.11. The summed E-state index contributed by atoms with van der Waals surface area (Å²) >= 11 is 0. The van der Waals surface area contributed by atoms with Gasteiger partial charge >= 0.3 is 5.97 Å². The van der Waals surface area contributed by atoms with E-state index >= 15 is 0 Å². The Hall–Kier alpha value is -1.19. The highest BCUT2D eigenvalue weighted by molar-refractivity contribution is 7.86. The number of carbonyl (C=O) groups excluding carboxylic acids is 2. The maximum Gasteiger partial charge on any atom is 0.306 e. The van der Waals surface area contributed by atoms with Gasteiger partial charge in [-0.1, -0.05) is 13.8 Å². The number of hydrogen-bond acceptors (Lipinski definition) is 5. The molecule has 0 spiro atoms. The number of methoxy groups -OCH3 is 1. The second kappa shape index (κ2) is 8.96. The Kier molecular flexibility index (Phi) is 8.45. The lowest BCUT2D eigenvalue weighted by Gasteiger charge is -2.23. The van der Waals surface area contributed by atoms with Crippen LogP contribution in [-0.2, 0) is 24.5 Å². The van der Waals surface area contributed by atoms with Crippen LogP contribution < -0.4 is 5.32 Å². The van der Waals surface area contributed by atoms with Crippen molar-refractivity contribution in [3.63, 3.8) is 0 Å². The van der Waals surface area contributed by atoms with Gasteiger partial charge in [0.15, 0.2) is 0 Å². The van der Waals surface area contributed by atoms with E-state index in [2.05, 4.69) is 10.1 Å². The molecule has 0 saturated heterocycles. The number of rotatable bonds is 9. The number of carbonyl (C=O) groups is 2. The summed E-state index contributed by atoms with van der Waals surface area (Å²) in [5.41, 5.74) is 0. The predicted molar refractivity (Wildman–Crippen MR) is 78.7 cm³/mol. The zero-order valence-electron chi connectivity index (χ0n) is 13.2. The molecule has 0 aliphatic heterocycles. The van der Waals surface area contributed by atoms with Crippen molar-refractivity contribution in [1.29, 1.82) is 0 Å². The van der Waals surface area contributed by atoms with E-state index in [1.54, 1.807) is 0 Å². The van der Waals surface area contributed by atoms with Crippen LogP contribution in [0.25, 0.3) is 0 Å². The first-order valence-electron chi connectivity index (χ1n) is 6.62. The van der Waals surface area contributed by atoms with Crippen LogP contribution in [0.4, 0.5) is 0 Å². The third-order valence-electron chi connectivity index (χ3n) is 2.72. The fraction of sp³-hybridized carbons (Fsp3) is 0.833. The van der Waals surface area contributed by atoms with Crippen molar-refractivity contribution < 1.29 is 22.7 Å². The topological polar surface area (TPSA) is 96.0 Å². The van der Waals surface area contributed by atoms with Gasteiger partial charge in [0.2, 0.25) is 5.91 Å². The monoisotopic (exact) mass is 323 g/mol. The van der Waals surface area contributed by atoms with E-state index in [-0.39, 0.29) is 25.4 Å². The molecular weight excluding hydrogens is 298 g/mol. The minimum Gasteiger partial charge on any atom is -0.469 e. The summed E-state index contributed by atoms with van der Waals surface area (Å²) in [5, 5.41) is 2.65. The lowest BCUT2D eigenvalue weighted by atomic mass is 10.2. The molecule has 0 radical (unpaired) electrons. The molecule has 0 unspecified atom stereocenters. The summed E-state index contributed by atoms with van der Waals surface area (Å²) < 4.78 is 30.7. The molecule has 0 saturated carbocycles. The molecule has 124 valence electrons.